The SMILES string of the molecule is CCN(C(=O)CC1CCCNC1)c1ccncc1. The van der Waals surface area contributed by atoms with Gasteiger partial charge in [-0.15, -0.1) is 0 Å². The Hall–Kier alpha value is -1.42. The standard InChI is InChI=1S/C14H21N3O/c1-2-17(13-5-8-15-9-6-13)14(18)10-12-4-3-7-16-11-12/h5-6,8-9,12,16H,2-4,7,10-11H2,1H3. The number of pyridine rings is 1. The summed E-state index contributed by atoms with van der Waals surface area (Å²) in [6.07, 6.45) is 6.44. The molecule has 2 heterocycles. The van der Waals surface area contributed by atoms with Gasteiger partial charge in [-0.1, -0.05) is 0 Å². The van der Waals surface area contributed by atoms with Crippen LogP contribution in [0.4, 0.5) is 5.69 Å². The zero-order valence-corrected chi connectivity index (χ0v) is 10.9. The van der Waals surface area contributed by atoms with E-state index in [1.807, 2.05) is 24.0 Å². The van der Waals surface area contributed by atoms with Crippen LogP contribution in [0.25, 0.3) is 0 Å². The first-order valence-corrected chi connectivity index (χ1v) is 6.72. The predicted octanol–water partition coefficient (Wildman–Crippen LogP) is 1.82. The van der Waals surface area contributed by atoms with Crippen molar-refractivity contribution < 1.29 is 4.79 Å². The Labute approximate surface area is 108 Å². The second-order valence-electron chi connectivity index (χ2n) is 4.76. The van der Waals surface area contributed by atoms with Crippen LogP contribution in [0.3, 0.4) is 0 Å². The highest BCUT2D eigenvalue weighted by molar-refractivity contribution is 5.93. The zero-order chi connectivity index (χ0) is 12.8. The van der Waals surface area contributed by atoms with Crippen LogP contribution >= 0.6 is 0 Å². The third-order valence-electron chi connectivity index (χ3n) is 3.45. The number of amides is 1. The van der Waals surface area contributed by atoms with Crippen LogP contribution in [0, 0.1) is 5.92 Å². The highest BCUT2D eigenvalue weighted by Gasteiger charge is 2.20. The number of carbonyl (C=O) groups excluding carboxylic acids is 1. The fraction of sp³-hybridized carbons (Fsp3) is 0.571. The van der Waals surface area contributed by atoms with Gasteiger partial charge in [0.2, 0.25) is 5.91 Å². The molecule has 0 saturated carbocycles. The van der Waals surface area contributed by atoms with Gasteiger partial charge < -0.3 is 10.2 Å². The molecule has 1 aromatic rings. The van der Waals surface area contributed by atoms with Crippen LogP contribution in [-0.4, -0.2) is 30.5 Å². The summed E-state index contributed by atoms with van der Waals surface area (Å²) in [7, 11) is 0. The molecule has 1 aromatic heterocycles. The van der Waals surface area contributed by atoms with Gasteiger partial charge in [0.15, 0.2) is 0 Å². The lowest BCUT2D eigenvalue weighted by Gasteiger charge is -2.26. The summed E-state index contributed by atoms with van der Waals surface area (Å²) in [5, 5.41) is 3.36. The highest BCUT2D eigenvalue weighted by atomic mass is 16.2. The molecule has 1 unspecified atom stereocenters. The first-order chi connectivity index (χ1) is 8.81. The maximum absolute atomic E-state index is 12.3. The molecule has 0 spiro atoms. The quantitative estimate of drug-likeness (QED) is 0.882. The Bertz CT molecular complexity index is 374. The number of rotatable bonds is 4. The summed E-state index contributed by atoms with van der Waals surface area (Å²) in [4.78, 5) is 18.2. The summed E-state index contributed by atoms with van der Waals surface area (Å²) in [6.45, 7) is 4.78. The van der Waals surface area contributed by atoms with Crippen LogP contribution in [0.15, 0.2) is 24.5 Å². The van der Waals surface area contributed by atoms with Crippen molar-refractivity contribution in [3.05, 3.63) is 24.5 Å². The van der Waals surface area contributed by atoms with Crippen LogP contribution in [0.2, 0.25) is 0 Å². The van der Waals surface area contributed by atoms with Crippen molar-refractivity contribution in [2.75, 3.05) is 24.5 Å². The number of nitrogens with zero attached hydrogens (tertiary/aromatic N) is 2. The molecule has 2 rings (SSSR count). The van der Waals surface area contributed by atoms with Crippen LogP contribution in [-0.2, 0) is 4.79 Å². The van der Waals surface area contributed by atoms with E-state index in [4.69, 9.17) is 0 Å². The molecule has 0 aliphatic carbocycles. The molecule has 0 bridgehead atoms. The summed E-state index contributed by atoms with van der Waals surface area (Å²) in [5.74, 6) is 0.708. The Morgan fingerprint density at radius 1 is 1.50 bits per heavy atom. The molecule has 1 aliphatic rings. The van der Waals surface area contributed by atoms with Crippen molar-refractivity contribution in [2.45, 2.75) is 26.2 Å². The molecule has 0 aromatic carbocycles. The molecule has 1 fully saturated rings. The summed E-state index contributed by atoms with van der Waals surface area (Å²) < 4.78 is 0. The zero-order valence-electron chi connectivity index (χ0n) is 10.9. The van der Waals surface area contributed by atoms with E-state index >= 15 is 0 Å². The molecular weight excluding hydrogens is 226 g/mol. The number of aromatic nitrogens is 1. The average molecular weight is 247 g/mol. The molecule has 98 valence electrons. The molecule has 0 radical (unpaired) electrons. The predicted molar refractivity (Wildman–Crippen MR) is 72.5 cm³/mol. The van der Waals surface area contributed by atoms with Gasteiger partial charge in [0.05, 0.1) is 0 Å². The van der Waals surface area contributed by atoms with E-state index in [0.29, 0.717) is 18.9 Å². The van der Waals surface area contributed by atoms with Crippen LogP contribution in [0.5, 0.6) is 0 Å². The van der Waals surface area contributed by atoms with Gasteiger partial charge in [0, 0.05) is 31.0 Å². The maximum Gasteiger partial charge on any atom is 0.227 e. The van der Waals surface area contributed by atoms with Crippen molar-refractivity contribution in [1.29, 1.82) is 0 Å². The van der Waals surface area contributed by atoms with Crippen molar-refractivity contribution in [3.8, 4) is 0 Å². The minimum Gasteiger partial charge on any atom is -0.316 e. The van der Waals surface area contributed by atoms with Gasteiger partial charge in [-0.05, 0) is 50.9 Å². The number of hydrogen-bond acceptors (Lipinski definition) is 3. The number of piperidine rings is 1. The van der Waals surface area contributed by atoms with Crippen LogP contribution < -0.4 is 10.2 Å². The Balaban J connectivity index is 1.97. The van der Waals surface area contributed by atoms with Gasteiger partial charge in [-0.3, -0.25) is 9.78 Å². The minimum absolute atomic E-state index is 0.220. The van der Waals surface area contributed by atoms with E-state index < -0.39 is 0 Å². The summed E-state index contributed by atoms with van der Waals surface area (Å²) >= 11 is 0. The lowest BCUT2D eigenvalue weighted by molar-refractivity contribution is -0.119. The molecule has 1 amide bonds. The molecule has 4 nitrogen and oxygen atoms in total. The number of hydrogen-bond donors (Lipinski definition) is 1. The highest BCUT2D eigenvalue weighted by Crippen LogP contribution is 2.19. The minimum atomic E-state index is 0.220. The number of anilines is 1. The monoisotopic (exact) mass is 247 g/mol. The molecule has 1 N–H and O–H groups in total. The normalized spacial score (nSPS) is 19.5. The van der Waals surface area contributed by atoms with Crippen LogP contribution in [0.1, 0.15) is 26.2 Å². The molecule has 1 atom stereocenters. The van der Waals surface area contributed by atoms with Gasteiger partial charge in [-0.2, -0.15) is 0 Å². The Morgan fingerprint density at radius 3 is 2.89 bits per heavy atom. The second kappa shape index (κ2) is 6.50. The van der Waals surface area contributed by atoms with Gasteiger partial charge in [0.25, 0.3) is 0 Å². The van der Waals surface area contributed by atoms with E-state index in [1.165, 1.54) is 6.42 Å². The van der Waals surface area contributed by atoms with E-state index in [1.54, 1.807) is 12.4 Å². The van der Waals surface area contributed by atoms with Crippen molar-refractivity contribution in [1.82, 2.24) is 10.3 Å². The lowest BCUT2D eigenvalue weighted by Crippen LogP contribution is -2.36. The fourth-order valence-electron chi connectivity index (χ4n) is 2.48. The van der Waals surface area contributed by atoms with Crippen molar-refractivity contribution in [2.24, 2.45) is 5.92 Å². The van der Waals surface area contributed by atoms with Gasteiger partial charge >= 0.3 is 0 Å². The lowest BCUT2D eigenvalue weighted by atomic mass is 9.95. The topological polar surface area (TPSA) is 45.2 Å². The maximum atomic E-state index is 12.3. The van der Waals surface area contributed by atoms with Gasteiger partial charge in [-0.25, -0.2) is 0 Å². The number of nitrogens with one attached hydrogen (secondary N) is 1. The Kier molecular flexibility index (Phi) is 4.70. The summed E-state index contributed by atoms with van der Waals surface area (Å²) in [6, 6.07) is 3.78. The smallest absolute Gasteiger partial charge is 0.227 e. The third-order valence-corrected chi connectivity index (χ3v) is 3.45. The average Bonchev–Trinajstić information content (AvgIpc) is 2.42. The first-order valence-electron chi connectivity index (χ1n) is 6.72. The number of carbonyl (C=O) groups is 1. The molecule has 1 aliphatic heterocycles. The van der Waals surface area contributed by atoms with Gasteiger partial charge in [0.1, 0.15) is 0 Å². The van der Waals surface area contributed by atoms with E-state index in [2.05, 4.69) is 10.3 Å². The Morgan fingerprint density at radius 2 is 2.28 bits per heavy atom. The molecule has 18 heavy (non-hydrogen) atoms. The van der Waals surface area contributed by atoms with Crippen molar-refractivity contribution in [3.63, 3.8) is 0 Å². The first kappa shape index (κ1) is 13.0. The second-order valence-corrected chi connectivity index (χ2v) is 4.76. The summed E-state index contributed by atoms with van der Waals surface area (Å²) in [5.41, 5.74) is 0.946. The molecule has 1 saturated heterocycles. The van der Waals surface area contributed by atoms with E-state index in [-0.39, 0.29) is 5.91 Å². The molecule has 4 heteroatoms. The molecular formula is C14H21N3O. The van der Waals surface area contributed by atoms with Crippen molar-refractivity contribution >= 4 is 11.6 Å². The fourth-order valence-corrected chi connectivity index (χ4v) is 2.48. The largest absolute Gasteiger partial charge is 0.316 e. The van der Waals surface area contributed by atoms with E-state index in [0.717, 1.165) is 25.2 Å². The van der Waals surface area contributed by atoms with E-state index in [9.17, 15) is 4.79 Å². The third kappa shape index (κ3) is 3.29.